The molecule has 2 nitrogen and oxygen atoms in total. The fourth-order valence-corrected chi connectivity index (χ4v) is 2.87. The van der Waals surface area contributed by atoms with Crippen molar-refractivity contribution in [2.75, 3.05) is 0 Å². The third-order valence-corrected chi connectivity index (χ3v) is 3.45. The Bertz CT molecular complexity index is 153. The van der Waals surface area contributed by atoms with Gasteiger partial charge in [0.05, 0.1) is 0 Å². The zero-order valence-corrected chi connectivity index (χ0v) is 7.37. The lowest BCUT2D eigenvalue weighted by Crippen LogP contribution is -2.12. The zero-order chi connectivity index (χ0) is 8.39. The molecule has 0 aromatic rings. The smallest absolute Gasteiger partial charge is 0.293 e. The standard InChI is InChI=1S/C10H16O2/c11-7-12-10-5-8-3-1-2-4-9(8)6-10/h7-10H,1-6H2. The topological polar surface area (TPSA) is 26.3 Å². The molecular formula is C10H16O2. The van der Waals surface area contributed by atoms with Gasteiger partial charge in [0, 0.05) is 0 Å². The summed E-state index contributed by atoms with van der Waals surface area (Å²) in [6, 6.07) is 0. The van der Waals surface area contributed by atoms with Crippen molar-refractivity contribution in [2.24, 2.45) is 11.8 Å². The first-order chi connectivity index (χ1) is 5.90. The van der Waals surface area contributed by atoms with Gasteiger partial charge in [-0.1, -0.05) is 25.7 Å². The van der Waals surface area contributed by atoms with Gasteiger partial charge in [0.1, 0.15) is 6.10 Å². The molecule has 0 radical (unpaired) electrons. The highest BCUT2D eigenvalue weighted by Gasteiger charge is 2.36. The van der Waals surface area contributed by atoms with Gasteiger partial charge in [0.25, 0.3) is 6.47 Å². The maximum atomic E-state index is 10.1. The first kappa shape index (κ1) is 8.09. The number of fused-ring (bicyclic) bond motifs is 1. The summed E-state index contributed by atoms with van der Waals surface area (Å²) < 4.78 is 5.01. The maximum absolute atomic E-state index is 10.1. The molecule has 0 aromatic carbocycles. The van der Waals surface area contributed by atoms with Crippen LogP contribution in [0.1, 0.15) is 38.5 Å². The summed E-state index contributed by atoms with van der Waals surface area (Å²) in [6.07, 6.45) is 8.00. The summed E-state index contributed by atoms with van der Waals surface area (Å²) in [6.45, 7) is 0.613. The van der Waals surface area contributed by atoms with Crippen LogP contribution in [0.4, 0.5) is 0 Å². The largest absolute Gasteiger partial charge is 0.465 e. The van der Waals surface area contributed by atoms with E-state index in [2.05, 4.69) is 0 Å². The van der Waals surface area contributed by atoms with E-state index in [0.717, 1.165) is 24.7 Å². The maximum Gasteiger partial charge on any atom is 0.293 e. The second kappa shape index (κ2) is 3.46. The van der Waals surface area contributed by atoms with Crippen molar-refractivity contribution in [3.05, 3.63) is 0 Å². The number of rotatable bonds is 2. The Hall–Kier alpha value is -0.530. The van der Waals surface area contributed by atoms with Crippen molar-refractivity contribution in [1.29, 1.82) is 0 Å². The van der Waals surface area contributed by atoms with E-state index in [0.29, 0.717) is 6.47 Å². The highest BCUT2D eigenvalue weighted by atomic mass is 16.5. The average molecular weight is 168 g/mol. The van der Waals surface area contributed by atoms with Crippen LogP contribution in [0, 0.1) is 11.8 Å². The molecular weight excluding hydrogens is 152 g/mol. The Morgan fingerprint density at radius 1 is 1.08 bits per heavy atom. The molecule has 2 saturated carbocycles. The van der Waals surface area contributed by atoms with Gasteiger partial charge in [-0.05, 0) is 24.7 Å². The molecule has 12 heavy (non-hydrogen) atoms. The van der Waals surface area contributed by atoms with E-state index >= 15 is 0 Å². The average Bonchev–Trinajstić information content (AvgIpc) is 2.47. The van der Waals surface area contributed by atoms with Crippen molar-refractivity contribution in [1.82, 2.24) is 0 Å². The summed E-state index contributed by atoms with van der Waals surface area (Å²) in [5.74, 6) is 1.73. The zero-order valence-electron chi connectivity index (χ0n) is 7.37. The predicted molar refractivity (Wildman–Crippen MR) is 45.6 cm³/mol. The summed E-state index contributed by atoms with van der Waals surface area (Å²) in [4.78, 5) is 10.1. The van der Waals surface area contributed by atoms with Gasteiger partial charge in [0.2, 0.25) is 0 Å². The number of carbonyl (C=O) groups excluding carboxylic acids is 1. The van der Waals surface area contributed by atoms with Gasteiger partial charge in [-0.15, -0.1) is 0 Å². The number of ether oxygens (including phenoxy) is 1. The van der Waals surface area contributed by atoms with Crippen LogP contribution in [0.3, 0.4) is 0 Å². The molecule has 2 fully saturated rings. The summed E-state index contributed by atoms with van der Waals surface area (Å²) >= 11 is 0. The van der Waals surface area contributed by atoms with E-state index in [9.17, 15) is 4.79 Å². The second-order valence-corrected chi connectivity index (χ2v) is 4.13. The molecule has 0 aliphatic heterocycles. The van der Waals surface area contributed by atoms with Crippen LogP contribution < -0.4 is 0 Å². The lowest BCUT2D eigenvalue weighted by Gasteiger charge is -2.23. The molecule has 0 saturated heterocycles. The predicted octanol–water partition coefficient (Wildman–Crippen LogP) is 2.13. The van der Waals surface area contributed by atoms with Gasteiger partial charge in [-0.3, -0.25) is 4.79 Å². The van der Waals surface area contributed by atoms with Crippen molar-refractivity contribution >= 4 is 6.47 Å². The Balaban J connectivity index is 1.89. The molecule has 2 aliphatic rings. The van der Waals surface area contributed by atoms with E-state index in [1.165, 1.54) is 25.7 Å². The van der Waals surface area contributed by atoms with Crippen molar-refractivity contribution in [3.8, 4) is 0 Å². The summed E-state index contributed by atoms with van der Waals surface area (Å²) in [7, 11) is 0. The monoisotopic (exact) mass is 168 g/mol. The summed E-state index contributed by atoms with van der Waals surface area (Å²) in [5.41, 5.74) is 0. The SMILES string of the molecule is O=COC1CC2CCCCC2C1. The van der Waals surface area contributed by atoms with Crippen LogP contribution in [0.25, 0.3) is 0 Å². The minimum atomic E-state index is 0.246. The molecule has 2 atom stereocenters. The quantitative estimate of drug-likeness (QED) is 0.590. The number of hydrogen-bond donors (Lipinski definition) is 0. The summed E-state index contributed by atoms with van der Waals surface area (Å²) in [5, 5.41) is 0. The third-order valence-electron chi connectivity index (χ3n) is 3.45. The fourth-order valence-electron chi connectivity index (χ4n) is 2.87. The van der Waals surface area contributed by atoms with Gasteiger partial charge < -0.3 is 4.74 Å². The Labute approximate surface area is 73.3 Å². The molecule has 0 bridgehead atoms. The van der Waals surface area contributed by atoms with Crippen molar-refractivity contribution in [3.63, 3.8) is 0 Å². The van der Waals surface area contributed by atoms with Crippen LogP contribution in [0.2, 0.25) is 0 Å². The molecule has 2 aliphatic carbocycles. The van der Waals surface area contributed by atoms with E-state index in [-0.39, 0.29) is 6.10 Å². The third kappa shape index (κ3) is 1.47. The van der Waals surface area contributed by atoms with E-state index in [1.807, 2.05) is 0 Å². The molecule has 0 amide bonds. The molecule has 68 valence electrons. The van der Waals surface area contributed by atoms with E-state index in [1.54, 1.807) is 0 Å². The van der Waals surface area contributed by atoms with Gasteiger partial charge in [-0.25, -0.2) is 0 Å². The van der Waals surface area contributed by atoms with Crippen molar-refractivity contribution < 1.29 is 9.53 Å². The highest BCUT2D eigenvalue weighted by molar-refractivity contribution is 5.37. The van der Waals surface area contributed by atoms with Gasteiger partial charge in [0.15, 0.2) is 0 Å². The molecule has 2 rings (SSSR count). The van der Waals surface area contributed by atoms with Gasteiger partial charge in [-0.2, -0.15) is 0 Å². The minimum absolute atomic E-state index is 0.246. The van der Waals surface area contributed by atoms with Crippen LogP contribution in [0.5, 0.6) is 0 Å². The van der Waals surface area contributed by atoms with Crippen molar-refractivity contribution in [2.45, 2.75) is 44.6 Å². The highest BCUT2D eigenvalue weighted by Crippen LogP contribution is 2.42. The van der Waals surface area contributed by atoms with Crippen LogP contribution in [0.15, 0.2) is 0 Å². The first-order valence-corrected chi connectivity index (χ1v) is 4.99. The van der Waals surface area contributed by atoms with E-state index < -0.39 is 0 Å². The molecule has 0 aromatic heterocycles. The van der Waals surface area contributed by atoms with Gasteiger partial charge >= 0.3 is 0 Å². The molecule has 0 spiro atoms. The Kier molecular flexibility index (Phi) is 2.33. The Morgan fingerprint density at radius 3 is 2.17 bits per heavy atom. The molecule has 2 unspecified atom stereocenters. The number of carbonyl (C=O) groups is 1. The lowest BCUT2D eigenvalue weighted by molar-refractivity contribution is -0.133. The van der Waals surface area contributed by atoms with Crippen LogP contribution in [-0.2, 0) is 9.53 Å². The van der Waals surface area contributed by atoms with Crippen LogP contribution >= 0.6 is 0 Å². The molecule has 0 N–H and O–H groups in total. The molecule has 0 heterocycles. The Morgan fingerprint density at radius 2 is 1.67 bits per heavy atom. The normalized spacial score (nSPS) is 40.5. The van der Waals surface area contributed by atoms with Crippen LogP contribution in [-0.4, -0.2) is 12.6 Å². The first-order valence-electron chi connectivity index (χ1n) is 4.99. The molecule has 2 heteroatoms. The fraction of sp³-hybridized carbons (Fsp3) is 0.900. The van der Waals surface area contributed by atoms with E-state index in [4.69, 9.17) is 4.74 Å². The minimum Gasteiger partial charge on any atom is -0.465 e. The number of hydrogen-bond acceptors (Lipinski definition) is 2. The lowest BCUT2D eigenvalue weighted by atomic mass is 9.82. The second-order valence-electron chi connectivity index (χ2n) is 4.13.